The maximum Gasteiger partial charge on any atom is 0.203 e. The lowest BCUT2D eigenvalue weighted by Crippen LogP contribution is -2.26. The highest BCUT2D eigenvalue weighted by Crippen LogP contribution is 2.40. The van der Waals surface area contributed by atoms with E-state index in [1.54, 1.807) is 33.5 Å². The number of aliphatic hydroxyl groups is 1. The predicted molar refractivity (Wildman–Crippen MR) is 83.1 cm³/mol. The number of nitrogens with two attached hydrogens (primary N) is 1. The molecule has 1 aromatic carbocycles. The Morgan fingerprint density at radius 3 is 1.90 bits per heavy atom. The number of benzene rings is 1. The van der Waals surface area contributed by atoms with E-state index in [1.807, 2.05) is 0 Å². The van der Waals surface area contributed by atoms with Gasteiger partial charge in [-0.25, -0.2) is 0 Å². The van der Waals surface area contributed by atoms with Crippen LogP contribution in [0.4, 0.5) is 0 Å². The molecule has 120 valence electrons. The second-order valence-electron chi connectivity index (χ2n) is 5.52. The van der Waals surface area contributed by atoms with Crippen molar-refractivity contribution >= 4 is 0 Å². The smallest absolute Gasteiger partial charge is 0.203 e. The minimum absolute atomic E-state index is 0.488. The van der Waals surface area contributed by atoms with Gasteiger partial charge in [0, 0.05) is 0 Å². The lowest BCUT2D eigenvalue weighted by molar-refractivity contribution is 0.128. The zero-order valence-electron chi connectivity index (χ0n) is 13.6. The Bertz CT molecular complexity index is 423. The van der Waals surface area contributed by atoms with Gasteiger partial charge < -0.3 is 25.1 Å². The van der Waals surface area contributed by atoms with E-state index in [-0.39, 0.29) is 0 Å². The van der Waals surface area contributed by atoms with Gasteiger partial charge in [0.25, 0.3) is 0 Å². The molecule has 0 bridgehead atoms. The second-order valence-corrected chi connectivity index (χ2v) is 5.52. The Morgan fingerprint density at radius 1 is 1.00 bits per heavy atom. The second kappa shape index (κ2) is 8.10. The molecule has 0 aliphatic heterocycles. The van der Waals surface area contributed by atoms with Crippen LogP contribution in [-0.4, -0.2) is 32.5 Å². The molecule has 0 unspecified atom stereocenters. The normalized spacial score (nSPS) is 13.9. The fourth-order valence-corrected chi connectivity index (χ4v) is 2.20. The molecule has 3 N–H and O–H groups in total. The predicted octanol–water partition coefficient (Wildman–Crippen LogP) is 2.51. The summed E-state index contributed by atoms with van der Waals surface area (Å²) in [5.74, 6) is 2.14. The molecule has 0 saturated heterocycles. The molecule has 0 heterocycles. The van der Waals surface area contributed by atoms with E-state index in [0.717, 1.165) is 12.0 Å². The van der Waals surface area contributed by atoms with Crippen molar-refractivity contribution in [3.63, 3.8) is 0 Å². The fraction of sp³-hybridized carbons (Fsp3) is 0.625. The van der Waals surface area contributed by atoms with Crippen LogP contribution in [0.15, 0.2) is 12.1 Å². The molecule has 2 atom stereocenters. The molecule has 0 radical (unpaired) electrons. The zero-order chi connectivity index (χ0) is 16.0. The monoisotopic (exact) mass is 297 g/mol. The summed E-state index contributed by atoms with van der Waals surface area (Å²) >= 11 is 0. The van der Waals surface area contributed by atoms with Crippen molar-refractivity contribution in [2.24, 2.45) is 11.7 Å². The number of hydrogen-bond donors (Lipinski definition) is 2. The SMILES string of the molecule is COc1cc([C@H](N)[C@H](O)CCC(C)C)cc(OC)c1OC. The first kappa shape index (κ1) is 17.6. The van der Waals surface area contributed by atoms with Gasteiger partial charge in [0.1, 0.15) is 0 Å². The molecule has 5 nitrogen and oxygen atoms in total. The van der Waals surface area contributed by atoms with Crippen LogP contribution in [0.2, 0.25) is 0 Å². The molecule has 21 heavy (non-hydrogen) atoms. The van der Waals surface area contributed by atoms with Crippen molar-refractivity contribution in [2.45, 2.75) is 38.8 Å². The van der Waals surface area contributed by atoms with Crippen LogP contribution in [0.1, 0.15) is 38.3 Å². The van der Waals surface area contributed by atoms with Crippen molar-refractivity contribution in [1.29, 1.82) is 0 Å². The van der Waals surface area contributed by atoms with Crippen LogP contribution in [-0.2, 0) is 0 Å². The molecule has 0 saturated carbocycles. The standard InChI is InChI=1S/C16H27NO4/c1-10(2)6-7-12(18)15(17)11-8-13(19-3)16(21-5)14(9-11)20-4/h8-10,12,15,18H,6-7,17H2,1-5H3/t12-,15+/m1/s1. The summed E-state index contributed by atoms with van der Waals surface area (Å²) in [7, 11) is 4.67. The quantitative estimate of drug-likeness (QED) is 0.771. The number of aliphatic hydroxyl groups excluding tert-OH is 1. The molecule has 0 amide bonds. The van der Waals surface area contributed by atoms with Gasteiger partial charge >= 0.3 is 0 Å². The van der Waals surface area contributed by atoms with E-state index >= 15 is 0 Å². The average Bonchev–Trinajstić information content (AvgIpc) is 2.49. The van der Waals surface area contributed by atoms with E-state index in [0.29, 0.717) is 29.6 Å². The first-order chi connectivity index (χ1) is 9.94. The zero-order valence-corrected chi connectivity index (χ0v) is 13.6. The van der Waals surface area contributed by atoms with E-state index in [2.05, 4.69) is 13.8 Å². The van der Waals surface area contributed by atoms with Crippen LogP contribution in [0, 0.1) is 5.92 Å². The third-order valence-corrected chi connectivity index (χ3v) is 3.53. The van der Waals surface area contributed by atoms with E-state index in [9.17, 15) is 5.11 Å². The summed E-state index contributed by atoms with van der Waals surface area (Å²) in [5.41, 5.74) is 6.93. The van der Waals surface area contributed by atoms with Gasteiger partial charge in [-0.1, -0.05) is 13.8 Å². The van der Waals surface area contributed by atoms with Gasteiger partial charge in [-0.15, -0.1) is 0 Å². The summed E-state index contributed by atoms with van der Waals surface area (Å²) in [6.45, 7) is 4.25. The van der Waals surface area contributed by atoms with Crippen LogP contribution in [0.3, 0.4) is 0 Å². The number of rotatable bonds is 8. The minimum atomic E-state index is -0.602. The van der Waals surface area contributed by atoms with E-state index in [4.69, 9.17) is 19.9 Å². The Kier molecular flexibility index (Phi) is 6.78. The van der Waals surface area contributed by atoms with Crippen molar-refractivity contribution in [3.05, 3.63) is 17.7 Å². The van der Waals surface area contributed by atoms with Crippen LogP contribution < -0.4 is 19.9 Å². The minimum Gasteiger partial charge on any atom is -0.493 e. The first-order valence-electron chi connectivity index (χ1n) is 7.18. The maximum atomic E-state index is 10.2. The van der Waals surface area contributed by atoms with Gasteiger partial charge in [-0.2, -0.15) is 0 Å². The number of ether oxygens (including phenoxy) is 3. The highest BCUT2D eigenvalue weighted by molar-refractivity contribution is 5.54. The molecule has 0 aromatic heterocycles. The summed E-state index contributed by atoms with van der Waals surface area (Å²) in [5, 5.41) is 10.2. The van der Waals surface area contributed by atoms with Crippen molar-refractivity contribution < 1.29 is 19.3 Å². The van der Waals surface area contributed by atoms with Crippen molar-refractivity contribution in [1.82, 2.24) is 0 Å². The van der Waals surface area contributed by atoms with Crippen LogP contribution in [0.25, 0.3) is 0 Å². The Morgan fingerprint density at radius 2 is 1.52 bits per heavy atom. The third kappa shape index (κ3) is 4.51. The summed E-state index contributed by atoms with van der Waals surface area (Å²) < 4.78 is 15.9. The lowest BCUT2D eigenvalue weighted by Gasteiger charge is -2.22. The van der Waals surface area contributed by atoms with Crippen molar-refractivity contribution in [2.75, 3.05) is 21.3 Å². The Balaban J connectivity index is 3.01. The van der Waals surface area contributed by atoms with Crippen LogP contribution in [0.5, 0.6) is 17.2 Å². The maximum absolute atomic E-state index is 10.2. The highest BCUT2D eigenvalue weighted by Gasteiger charge is 2.21. The summed E-state index contributed by atoms with van der Waals surface area (Å²) in [6, 6.07) is 3.08. The van der Waals surface area contributed by atoms with E-state index < -0.39 is 12.1 Å². The number of methoxy groups -OCH3 is 3. The summed E-state index contributed by atoms with van der Waals surface area (Å²) in [6.07, 6.45) is 0.990. The lowest BCUT2D eigenvalue weighted by atomic mass is 9.95. The number of hydrogen-bond acceptors (Lipinski definition) is 5. The molecule has 0 fully saturated rings. The van der Waals surface area contributed by atoms with Gasteiger partial charge in [-0.3, -0.25) is 0 Å². The molecule has 1 rings (SSSR count). The molecule has 5 heteroatoms. The molecule has 0 aliphatic carbocycles. The van der Waals surface area contributed by atoms with Gasteiger partial charge in [-0.05, 0) is 36.5 Å². The van der Waals surface area contributed by atoms with Crippen molar-refractivity contribution in [3.8, 4) is 17.2 Å². The Labute approximate surface area is 127 Å². The van der Waals surface area contributed by atoms with Gasteiger partial charge in [0.15, 0.2) is 11.5 Å². The highest BCUT2D eigenvalue weighted by atomic mass is 16.5. The topological polar surface area (TPSA) is 73.9 Å². The first-order valence-corrected chi connectivity index (χ1v) is 7.18. The van der Waals surface area contributed by atoms with E-state index in [1.165, 1.54) is 0 Å². The van der Waals surface area contributed by atoms with Gasteiger partial charge in [0.05, 0.1) is 33.5 Å². The fourth-order valence-electron chi connectivity index (χ4n) is 2.20. The Hall–Kier alpha value is -1.46. The molecule has 1 aromatic rings. The summed E-state index contributed by atoms with van der Waals surface area (Å²) in [4.78, 5) is 0. The largest absolute Gasteiger partial charge is 0.493 e. The van der Waals surface area contributed by atoms with Crippen LogP contribution >= 0.6 is 0 Å². The molecular weight excluding hydrogens is 270 g/mol. The van der Waals surface area contributed by atoms with Gasteiger partial charge in [0.2, 0.25) is 5.75 Å². The molecular formula is C16H27NO4. The third-order valence-electron chi connectivity index (χ3n) is 3.53. The molecule has 0 spiro atoms. The molecule has 0 aliphatic rings. The average molecular weight is 297 g/mol.